The fourth-order valence-electron chi connectivity index (χ4n) is 4.78. The molecule has 0 spiro atoms. The van der Waals surface area contributed by atoms with Crippen LogP contribution in [0.25, 0.3) is 33.2 Å². The smallest absolute Gasteiger partial charge is 0.134 e. The summed E-state index contributed by atoms with van der Waals surface area (Å²) in [6.07, 6.45) is 6.32. The number of nitrogens with zero attached hydrogens (tertiary/aromatic N) is 1. The number of furan rings is 1. The molecule has 1 aliphatic rings. The number of rotatable bonds is 5. The summed E-state index contributed by atoms with van der Waals surface area (Å²) in [7, 11) is 0. The van der Waals surface area contributed by atoms with Crippen LogP contribution in [0.5, 0.6) is 0 Å². The van der Waals surface area contributed by atoms with Gasteiger partial charge in [0.1, 0.15) is 5.58 Å². The lowest BCUT2D eigenvalue weighted by Gasteiger charge is -2.26. The Hall–Kier alpha value is -3.39. The van der Waals surface area contributed by atoms with Gasteiger partial charge < -0.3 is 15.5 Å². The molecule has 4 aromatic rings. The molecule has 0 atom stereocenters. The van der Waals surface area contributed by atoms with Crippen LogP contribution >= 0.6 is 0 Å². The van der Waals surface area contributed by atoms with Crippen molar-refractivity contribution in [2.75, 3.05) is 0 Å². The van der Waals surface area contributed by atoms with Crippen LogP contribution in [0.3, 0.4) is 0 Å². The summed E-state index contributed by atoms with van der Waals surface area (Å²) in [6.45, 7) is 2.88. The van der Waals surface area contributed by atoms with Gasteiger partial charge in [0.15, 0.2) is 0 Å². The summed E-state index contributed by atoms with van der Waals surface area (Å²) in [4.78, 5) is 0. The first kappa shape index (κ1) is 21.5. The second-order valence-electron chi connectivity index (χ2n) is 9.20. The Kier molecular flexibility index (Phi) is 6.00. The normalized spacial score (nSPS) is 18.3. The molecule has 0 saturated heterocycles. The van der Waals surface area contributed by atoms with Crippen LogP contribution in [0.1, 0.15) is 42.4 Å². The minimum Gasteiger partial charge on any atom is -0.464 e. The lowest BCUT2D eigenvalue weighted by molar-refractivity contribution is 0.341. The second-order valence-corrected chi connectivity index (χ2v) is 9.20. The van der Waals surface area contributed by atoms with Gasteiger partial charge in [-0.05, 0) is 79.1 Å². The van der Waals surface area contributed by atoms with Crippen LogP contribution in [-0.2, 0) is 6.54 Å². The van der Waals surface area contributed by atoms with Crippen molar-refractivity contribution in [1.29, 1.82) is 5.26 Å². The predicted molar refractivity (Wildman–Crippen MR) is 134 cm³/mol. The maximum absolute atomic E-state index is 9.21. The van der Waals surface area contributed by atoms with E-state index < -0.39 is 0 Å². The number of nitrogens with two attached hydrogens (primary N) is 1. The molecule has 5 rings (SSSR count). The summed E-state index contributed by atoms with van der Waals surface area (Å²) >= 11 is 0. The van der Waals surface area contributed by atoms with Crippen molar-refractivity contribution in [2.45, 2.75) is 51.2 Å². The molecule has 1 aliphatic carbocycles. The highest BCUT2D eigenvalue weighted by Gasteiger charge is 2.19. The summed E-state index contributed by atoms with van der Waals surface area (Å²) < 4.78 is 6.02. The average molecular weight is 436 g/mol. The van der Waals surface area contributed by atoms with E-state index in [0.29, 0.717) is 17.6 Å². The zero-order valence-corrected chi connectivity index (χ0v) is 19.0. The van der Waals surface area contributed by atoms with Gasteiger partial charge in [0.05, 0.1) is 17.9 Å². The SMILES string of the molecule is Cc1ccc(-c2cc3occ(CNC4CCC(N)CC4)c3cc2-c2ccc(C#N)cc2)cc1. The molecule has 1 fully saturated rings. The molecule has 0 amide bonds. The Morgan fingerprint density at radius 3 is 2.24 bits per heavy atom. The van der Waals surface area contributed by atoms with Crippen molar-refractivity contribution in [3.05, 3.63) is 83.6 Å². The average Bonchev–Trinajstić information content (AvgIpc) is 3.25. The first-order valence-corrected chi connectivity index (χ1v) is 11.7. The summed E-state index contributed by atoms with van der Waals surface area (Å²) in [5.74, 6) is 0. The molecular weight excluding hydrogens is 406 g/mol. The number of nitrogens with one attached hydrogen (secondary N) is 1. The molecule has 0 aliphatic heterocycles. The number of hydrogen-bond acceptors (Lipinski definition) is 4. The highest BCUT2D eigenvalue weighted by atomic mass is 16.3. The Balaban J connectivity index is 1.53. The van der Waals surface area contributed by atoms with E-state index in [2.05, 4.69) is 54.7 Å². The number of aryl methyl sites for hydroxylation is 1. The summed E-state index contributed by atoms with van der Waals surface area (Å²) in [5, 5.41) is 14.1. The van der Waals surface area contributed by atoms with Crippen molar-refractivity contribution in [2.24, 2.45) is 5.73 Å². The van der Waals surface area contributed by atoms with Crippen molar-refractivity contribution in [3.63, 3.8) is 0 Å². The van der Waals surface area contributed by atoms with Crippen molar-refractivity contribution in [3.8, 4) is 28.3 Å². The zero-order valence-electron chi connectivity index (χ0n) is 19.0. The fraction of sp³-hybridized carbons (Fsp3) is 0.276. The van der Waals surface area contributed by atoms with Gasteiger partial charge in [0.25, 0.3) is 0 Å². The van der Waals surface area contributed by atoms with E-state index in [1.54, 1.807) is 0 Å². The van der Waals surface area contributed by atoms with E-state index in [9.17, 15) is 5.26 Å². The van der Waals surface area contributed by atoms with Crippen LogP contribution in [0.4, 0.5) is 0 Å². The molecule has 1 heterocycles. The van der Waals surface area contributed by atoms with Gasteiger partial charge in [0.2, 0.25) is 0 Å². The molecule has 0 radical (unpaired) electrons. The van der Waals surface area contributed by atoms with Gasteiger partial charge in [-0.15, -0.1) is 0 Å². The molecule has 0 bridgehead atoms. The molecule has 4 nitrogen and oxygen atoms in total. The largest absolute Gasteiger partial charge is 0.464 e. The molecule has 1 saturated carbocycles. The third-order valence-electron chi connectivity index (χ3n) is 6.83. The van der Waals surface area contributed by atoms with Crippen LogP contribution in [-0.4, -0.2) is 12.1 Å². The Morgan fingerprint density at radius 2 is 1.58 bits per heavy atom. The van der Waals surface area contributed by atoms with Crippen LogP contribution in [0, 0.1) is 18.3 Å². The van der Waals surface area contributed by atoms with Gasteiger partial charge in [-0.1, -0.05) is 42.0 Å². The van der Waals surface area contributed by atoms with Gasteiger partial charge in [-0.2, -0.15) is 5.26 Å². The quantitative estimate of drug-likeness (QED) is 0.385. The van der Waals surface area contributed by atoms with Crippen LogP contribution < -0.4 is 11.1 Å². The van der Waals surface area contributed by atoms with Gasteiger partial charge in [-0.25, -0.2) is 0 Å². The van der Waals surface area contributed by atoms with E-state index in [4.69, 9.17) is 10.2 Å². The molecule has 3 N–H and O–H groups in total. The number of nitriles is 1. The van der Waals surface area contributed by atoms with E-state index in [1.165, 1.54) is 11.1 Å². The first-order valence-electron chi connectivity index (χ1n) is 11.7. The van der Waals surface area contributed by atoms with Crippen LogP contribution in [0.15, 0.2) is 71.3 Å². The number of hydrogen-bond donors (Lipinski definition) is 2. The lowest BCUT2D eigenvalue weighted by Crippen LogP contribution is -2.36. The second kappa shape index (κ2) is 9.23. The molecule has 4 heteroatoms. The standard InChI is InChI=1S/C29H29N3O/c1-19-2-6-21(7-3-19)27-15-29-28(14-26(27)22-8-4-20(16-30)5-9-22)23(18-33-29)17-32-25-12-10-24(31)11-13-25/h2-9,14-15,18,24-25,32H,10-13,17,31H2,1H3. The van der Waals surface area contributed by atoms with Crippen molar-refractivity contribution in [1.82, 2.24) is 5.32 Å². The highest BCUT2D eigenvalue weighted by molar-refractivity contribution is 5.95. The minimum atomic E-state index is 0.355. The summed E-state index contributed by atoms with van der Waals surface area (Å²) in [6, 6.07) is 23.9. The fourth-order valence-corrected chi connectivity index (χ4v) is 4.78. The van der Waals surface area contributed by atoms with Crippen molar-refractivity contribution < 1.29 is 4.42 Å². The molecule has 33 heavy (non-hydrogen) atoms. The highest BCUT2D eigenvalue weighted by Crippen LogP contribution is 2.37. The molecule has 3 aromatic carbocycles. The molecule has 166 valence electrons. The topological polar surface area (TPSA) is 75.0 Å². The Morgan fingerprint density at radius 1 is 0.939 bits per heavy atom. The predicted octanol–water partition coefficient (Wildman–Crippen LogP) is 6.31. The maximum atomic E-state index is 9.21. The van der Waals surface area contributed by atoms with E-state index >= 15 is 0 Å². The Labute approximate surface area is 195 Å². The third-order valence-corrected chi connectivity index (χ3v) is 6.83. The first-order chi connectivity index (χ1) is 16.1. The zero-order chi connectivity index (χ0) is 22.8. The number of fused-ring (bicyclic) bond motifs is 1. The van der Waals surface area contributed by atoms with E-state index in [0.717, 1.165) is 65.5 Å². The maximum Gasteiger partial charge on any atom is 0.134 e. The van der Waals surface area contributed by atoms with E-state index in [-0.39, 0.29) is 0 Å². The molecular formula is C29H29N3O. The Bertz CT molecular complexity index is 1290. The summed E-state index contributed by atoms with van der Waals surface area (Å²) in [5.41, 5.74) is 14.5. The third kappa shape index (κ3) is 4.57. The van der Waals surface area contributed by atoms with Crippen LogP contribution in [0.2, 0.25) is 0 Å². The van der Waals surface area contributed by atoms with Crippen molar-refractivity contribution >= 4 is 11.0 Å². The van der Waals surface area contributed by atoms with Gasteiger partial charge in [0, 0.05) is 29.6 Å². The molecule has 1 aromatic heterocycles. The number of benzene rings is 3. The monoisotopic (exact) mass is 435 g/mol. The lowest BCUT2D eigenvalue weighted by atomic mass is 9.91. The van der Waals surface area contributed by atoms with Gasteiger partial charge in [-0.3, -0.25) is 0 Å². The van der Waals surface area contributed by atoms with E-state index in [1.807, 2.05) is 30.5 Å². The molecule has 0 unspecified atom stereocenters. The minimum absolute atomic E-state index is 0.355. The van der Waals surface area contributed by atoms with Gasteiger partial charge >= 0.3 is 0 Å².